The second-order valence-electron chi connectivity index (χ2n) is 3.61. The highest BCUT2D eigenvalue weighted by atomic mass is 79.9. The Morgan fingerprint density at radius 2 is 2.33 bits per heavy atom. The molecule has 0 aliphatic rings. The summed E-state index contributed by atoms with van der Waals surface area (Å²) in [6.07, 6.45) is 0.828. The number of thiazole rings is 1. The molecule has 2 aromatic rings. The zero-order valence-electron chi connectivity index (χ0n) is 9.61. The summed E-state index contributed by atoms with van der Waals surface area (Å²) in [4.78, 5) is 16.2. The number of phenolic OH excluding ortho intramolecular Hbond substituents is 1. The smallest absolute Gasteiger partial charge is 0.261 e. The molecule has 0 saturated heterocycles. The van der Waals surface area contributed by atoms with Gasteiger partial charge < -0.3 is 5.11 Å². The number of carbonyl (C=O) groups excluding carboxylic acids is 1. The highest BCUT2D eigenvalue weighted by Crippen LogP contribution is 2.24. The molecule has 6 heteroatoms. The molecule has 0 fully saturated rings. The molecule has 4 nitrogen and oxygen atoms in total. The number of hydrogen-bond donors (Lipinski definition) is 2. The van der Waals surface area contributed by atoms with Crippen LogP contribution in [0.15, 0.2) is 28.1 Å². The molecule has 94 valence electrons. The van der Waals surface area contributed by atoms with E-state index in [-0.39, 0.29) is 17.2 Å². The first-order valence-electron chi connectivity index (χ1n) is 5.34. The number of aryl methyl sites for hydroxylation is 1. The Bertz CT molecular complexity index is 583. The third kappa shape index (κ3) is 2.88. The minimum absolute atomic E-state index is 0.0528. The first kappa shape index (κ1) is 13.0. The van der Waals surface area contributed by atoms with Crippen LogP contribution in [0.4, 0.5) is 5.13 Å². The summed E-state index contributed by atoms with van der Waals surface area (Å²) in [7, 11) is 0. The van der Waals surface area contributed by atoms with E-state index < -0.39 is 0 Å². The van der Waals surface area contributed by atoms with Crippen LogP contribution in [-0.2, 0) is 6.42 Å². The molecule has 0 saturated carbocycles. The molecule has 1 amide bonds. The number of hydrogen-bond acceptors (Lipinski definition) is 4. The number of amides is 1. The largest absolute Gasteiger partial charge is 0.507 e. The molecule has 0 unspecified atom stereocenters. The average Bonchev–Trinajstić information content (AvgIpc) is 2.80. The van der Waals surface area contributed by atoms with E-state index in [0.717, 1.165) is 16.6 Å². The van der Waals surface area contributed by atoms with E-state index in [4.69, 9.17) is 0 Å². The van der Waals surface area contributed by atoms with Gasteiger partial charge in [0.2, 0.25) is 0 Å². The fraction of sp³-hybridized carbons (Fsp3) is 0.167. The Balaban J connectivity index is 2.19. The van der Waals surface area contributed by atoms with Gasteiger partial charge in [0, 0.05) is 9.85 Å². The number of aromatic hydroxyl groups is 1. The topological polar surface area (TPSA) is 62.2 Å². The molecule has 0 atom stereocenters. The zero-order valence-corrected chi connectivity index (χ0v) is 12.0. The molecule has 1 aromatic carbocycles. The normalized spacial score (nSPS) is 10.3. The number of aromatic nitrogens is 1. The summed E-state index contributed by atoms with van der Waals surface area (Å²) in [5, 5.41) is 14.7. The minimum Gasteiger partial charge on any atom is -0.507 e. The van der Waals surface area contributed by atoms with Gasteiger partial charge in [0.25, 0.3) is 5.91 Å². The van der Waals surface area contributed by atoms with Crippen LogP contribution in [-0.4, -0.2) is 16.0 Å². The highest BCUT2D eigenvalue weighted by Gasteiger charge is 2.13. The third-order valence-electron chi connectivity index (χ3n) is 2.34. The van der Waals surface area contributed by atoms with Crippen LogP contribution in [0.3, 0.4) is 0 Å². The van der Waals surface area contributed by atoms with Crippen LogP contribution >= 0.6 is 27.3 Å². The predicted molar refractivity (Wildman–Crippen MR) is 75.3 cm³/mol. The lowest BCUT2D eigenvalue weighted by Crippen LogP contribution is -2.12. The second-order valence-corrected chi connectivity index (χ2v) is 5.39. The van der Waals surface area contributed by atoms with E-state index in [0.29, 0.717) is 5.13 Å². The molecule has 1 aromatic heterocycles. The SMILES string of the molecule is CCc1csc(NC(=O)c2cc(Br)ccc2O)n1. The lowest BCUT2D eigenvalue weighted by atomic mass is 10.2. The van der Waals surface area contributed by atoms with E-state index in [9.17, 15) is 9.90 Å². The lowest BCUT2D eigenvalue weighted by Gasteiger charge is -2.04. The van der Waals surface area contributed by atoms with E-state index in [1.807, 2.05) is 12.3 Å². The summed E-state index contributed by atoms with van der Waals surface area (Å²) in [6, 6.07) is 4.71. The van der Waals surface area contributed by atoms with Gasteiger partial charge >= 0.3 is 0 Å². The average molecular weight is 327 g/mol. The number of halogens is 1. The first-order chi connectivity index (χ1) is 8.60. The maximum absolute atomic E-state index is 12.0. The van der Waals surface area contributed by atoms with Crippen molar-refractivity contribution < 1.29 is 9.90 Å². The Labute approximate surface area is 117 Å². The molecule has 2 rings (SSSR count). The van der Waals surface area contributed by atoms with Gasteiger partial charge in [0.05, 0.1) is 11.3 Å². The van der Waals surface area contributed by atoms with E-state index in [1.165, 1.54) is 17.4 Å². The molecule has 0 radical (unpaired) electrons. The van der Waals surface area contributed by atoms with Gasteiger partial charge in [-0.15, -0.1) is 11.3 Å². The Kier molecular flexibility index (Phi) is 3.98. The standard InChI is InChI=1S/C12H11BrN2O2S/c1-2-8-6-18-12(14-8)15-11(17)9-5-7(13)3-4-10(9)16/h3-6,16H,2H2,1H3,(H,14,15,17). The number of benzene rings is 1. The van der Waals surface area contributed by atoms with Crippen molar-refractivity contribution in [2.45, 2.75) is 13.3 Å². The Morgan fingerprint density at radius 3 is 3.00 bits per heavy atom. The molecular weight excluding hydrogens is 316 g/mol. The molecule has 18 heavy (non-hydrogen) atoms. The molecule has 0 aliphatic carbocycles. The van der Waals surface area contributed by atoms with Crippen LogP contribution in [0.25, 0.3) is 0 Å². The van der Waals surface area contributed by atoms with Crippen molar-refractivity contribution in [3.63, 3.8) is 0 Å². The summed E-state index contributed by atoms with van der Waals surface area (Å²) < 4.78 is 0.735. The number of nitrogens with one attached hydrogen (secondary N) is 1. The van der Waals surface area contributed by atoms with Crippen molar-refractivity contribution in [3.05, 3.63) is 39.3 Å². The summed E-state index contributed by atoms with van der Waals surface area (Å²) in [6.45, 7) is 2.00. The summed E-state index contributed by atoms with van der Waals surface area (Å²) in [5.74, 6) is -0.422. The van der Waals surface area contributed by atoms with Gasteiger partial charge in [-0.1, -0.05) is 22.9 Å². The van der Waals surface area contributed by atoms with Gasteiger partial charge in [-0.2, -0.15) is 0 Å². The van der Waals surface area contributed by atoms with Crippen molar-refractivity contribution >= 4 is 38.3 Å². The Hall–Kier alpha value is -1.40. The molecule has 0 spiro atoms. The van der Waals surface area contributed by atoms with Crippen molar-refractivity contribution in [1.82, 2.24) is 4.98 Å². The molecular formula is C12H11BrN2O2S. The maximum Gasteiger partial charge on any atom is 0.261 e. The summed E-state index contributed by atoms with van der Waals surface area (Å²) >= 11 is 4.63. The monoisotopic (exact) mass is 326 g/mol. The van der Waals surface area contributed by atoms with Crippen LogP contribution in [0.1, 0.15) is 23.0 Å². The van der Waals surface area contributed by atoms with E-state index >= 15 is 0 Å². The van der Waals surface area contributed by atoms with E-state index in [2.05, 4.69) is 26.2 Å². The van der Waals surface area contributed by atoms with Crippen molar-refractivity contribution in [1.29, 1.82) is 0 Å². The second kappa shape index (κ2) is 5.49. The Morgan fingerprint density at radius 1 is 1.56 bits per heavy atom. The van der Waals surface area contributed by atoms with Crippen LogP contribution in [0.5, 0.6) is 5.75 Å². The zero-order chi connectivity index (χ0) is 13.1. The molecule has 0 bridgehead atoms. The number of carbonyl (C=O) groups is 1. The number of phenols is 1. The third-order valence-corrected chi connectivity index (χ3v) is 3.64. The highest BCUT2D eigenvalue weighted by molar-refractivity contribution is 9.10. The minimum atomic E-state index is -0.370. The number of anilines is 1. The van der Waals surface area contributed by atoms with Gasteiger partial charge in [-0.25, -0.2) is 4.98 Å². The van der Waals surface area contributed by atoms with Gasteiger partial charge in [0.1, 0.15) is 5.75 Å². The van der Waals surface area contributed by atoms with Gasteiger partial charge in [-0.05, 0) is 24.6 Å². The van der Waals surface area contributed by atoms with Gasteiger partial charge in [-0.3, -0.25) is 10.1 Å². The van der Waals surface area contributed by atoms with Crippen molar-refractivity contribution in [3.8, 4) is 5.75 Å². The predicted octanol–water partition coefficient (Wildman–Crippen LogP) is 3.43. The van der Waals surface area contributed by atoms with Crippen molar-refractivity contribution in [2.75, 3.05) is 5.32 Å². The number of rotatable bonds is 3. The molecule has 1 heterocycles. The molecule has 0 aliphatic heterocycles. The summed E-state index contributed by atoms with van der Waals surface area (Å²) in [5.41, 5.74) is 1.16. The van der Waals surface area contributed by atoms with E-state index in [1.54, 1.807) is 12.1 Å². The number of nitrogens with zero attached hydrogens (tertiary/aromatic N) is 1. The first-order valence-corrected chi connectivity index (χ1v) is 7.01. The molecule has 2 N–H and O–H groups in total. The van der Waals surface area contributed by atoms with Crippen LogP contribution in [0, 0.1) is 0 Å². The maximum atomic E-state index is 12.0. The van der Waals surface area contributed by atoms with Gasteiger partial charge in [0.15, 0.2) is 5.13 Å². The van der Waals surface area contributed by atoms with Crippen LogP contribution < -0.4 is 5.32 Å². The lowest BCUT2D eigenvalue weighted by molar-refractivity contribution is 0.102. The fourth-order valence-corrected chi connectivity index (χ4v) is 2.53. The van der Waals surface area contributed by atoms with Crippen molar-refractivity contribution in [2.24, 2.45) is 0 Å². The quantitative estimate of drug-likeness (QED) is 0.908. The fourth-order valence-electron chi connectivity index (χ4n) is 1.38. The van der Waals surface area contributed by atoms with Crippen LogP contribution in [0.2, 0.25) is 0 Å².